The molecule has 2 N–H and O–H groups in total. The summed E-state index contributed by atoms with van der Waals surface area (Å²) in [4.78, 5) is 40.7. The number of hydrogen-bond acceptors (Lipinski definition) is 9. The van der Waals surface area contributed by atoms with Crippen LogP contribution in [0, 0.1) is 0 Å². The van der Waals surface area contributed by atoms with E-state index in [9.17, 15) is 18.0 Å². The minimum atomic E-state index is -3.92. The van der Waals surface area contributed by atoms with Gasteiger partial charge in [0, 0.05) is 54.2 Å². The fraction of sp³-hybridized carbons (Fsp3) is 0.222. The molecule has 4 aromatic rings. The molecule has 1 amide bonds. The summed E-state index contributed by atoms with van der Waals surface area (Å²) in [5, 5.41) is 3.33. The average Bonchev–Trinajstić information content (AvgIpc) is 2.92. The molecule has 0 bridgehead atoms. The first kappa shape index (κ1) is 26.2. The number of carbonyl (C=O) groups excluding carboxylic acids is 2. The molecule has 0 saturated heterocycles. The van der Waals surface area contributed by atoms with Gasteiger partial charge in [-0.2, -0.15) is 0 Å². The highest BCUT2D eigenvalue weighted by molar-refractivity contribution is 7.92. The van der Waals surface area contributed by atoms with Crippen molar-refractivity contribution in [2.75, 3.05) is 23.6 Å². The number of sulfonamides is 1. The van der Waals surface area contributed by atoms with Crippen molar-refractivity contribution >= 4 is 44.4 Å². The monoisotopic (exact) mass is 546 g/mol. The molecule has 12 heteroatoms. The van der Waals surface area contributed by atoms with E-state index in [1.165, 1.54) is 43.6 Å². The fourth-order valence-corrected chi connectivity index (χ4v) is 5.28. The smallest absolute Gasteiger partial charge is 0.339 e. The Morgan fingerprint density at radius 2 is 1.74 bits per heavy atom. The number of aromatic nitrogens is 3. The van der Waals surface area contributed by atoms with E-state index in [1.807, 2.05) is 31.3 Å². The van der Waals surface area contributed by atoms with Crippen LogP contribution < -0.4 is 10.0 Å². The van der Waals surface area contributed by atoms with Crippen molar-refractivity contribution in [1.29, 1.82) is 0 Å². The number of carbonyl (C=O) groups is 2. The molecular formula is C27H26N6O5S. The predicted octanol–water partition coefficient (Wildman–Crippen LogP) is 3.00. The van der Waals surface area contributed by atoms with Crippen molar-refractivity contribution in [3.63, 3.8) is 0 Å². The van der Waals surface area contributed by atoms with Crippen molar-refractivity contribution in [2.24, 2.45) is 0 Å². The molecule has 0 saturated carbocycles. The van der Waals surface area contributed by atoms with Crippen LogP contribution in [0.1, 0.15) is 28.5 Å². The zero-order valence-corrected chi connectivity index (χ0v) is 22.1. The van der Waals surface area contributed by atoms with Crippen LogP contribution in [-0.2, 0) is 32.5 Å². The van der Waals surface area contributed by atoms with Gasteiger partial charge in [0.2, 0.25) is 5.95 Å². The van der Waals surface area contributed by atoms with E-state index in [4.69, 9.17) is 9.72 Å². The first-order valence-corrected chi connectivity index (χ1v) is 13.7. The predicted molar refractivity (Wildman–Crippen MR) is 145 cm³/mol. The lowest BCUT2D eigenvalue weighted by Gasteiger charge is -2.27. The Morgan fingerprint density at radius 1 is 1.03 bits per heavy atom. The quantitative estimate of drug-likeness (QED) is 0.334. The molecule has 2 aromatic heterocycles. The third-order valence-corrected chi connectivity index (χ3v) is 7.66. The number of nitrogens with one attached hydrogen (secondary N) is 2. The molecule has 39 heavy (non-hydrogen) atoms. The maximum absolute atomic E-state index is 13.4. The summed E-state index contributed by atoms with van der Waals surface area (Å²) in [6, 6.07) is 14.5. The minimum Gasteiger partial charge on any atom is -0.449 e. The van der Waals surface area contributed by atoms with Crippen LogP contribution in [0.5, 0.6) is 0 Å². The number of pyridine rings is 1. The van der Waals surface area contributed by atoms with Crippen LogP contribution >= 0.6 is 0 Å². The standard InChI is InChI=1S/C27H26N6O5S/c1-17(25(34)30-18-8-10-19(11-9-18)39(36,37)32-27-28-13-5-14-29-27)38-26(35)24-20-6-3-4-7-22(20)31-23-12-15-33(2)16-21(23)24/h3-11,13-14,17H,12,15-16H2,1-2H3,(H,30,34)(H,28,29,32). The molecule has 11 nitrogen and oxygen atoms in total. The van der Waals surface area contributed by atoms with Crippen LogP contribution in [0.2, 0.25) is 0 Å². The summed E-state index contributed by atoms with van der Waals surface area (Å²) in [5.41, 5.74) is 3.14. The van der Waals surface area contributed by atoms with Gasteiger partial charge in [-0.25, -0.2) is 27.9 Å². The van der Waals surface area contributed by atoms with Crippen molar-refractivity contribution in [1.82, 2.24) is 19.9 Å². The average molecular weight is 547 g/mol. The van der Waals surface area contributed by atoms with E-state index >= 15 is 0 Å². The third-order valence-electron chi connectivity index (χ3n) is 6.32. The molecule has 1 unspecified atom stereocenters. The number of hydrogen-bond donors (Lipinski definition) is 2. The summed E-state index contributed by atoms with van der Waals surface area (Å²) in [7, 11) is -1.94. The molecule has 0 aliphatic carbocycles. The lowest BCUT2D eigenvalue weighted by atomic mass is 9.96. The summed E-state index contributed by atoms with van der Waals surface area (Å²) in [6.07, 6.45) is 2.44. The maximum atomic E-state index is 13.4. The van der Waals surface area contributed by atoms with E-state index in [0.29, 0.717) is 35.1 Å². The Kier molecular flexibility index (Phi) is 7.22. The van der Waals surface area contributed by atoms with E-state index in [2.05, 4.69) is 24.9 Å². The van der Waals surface area contributed by atoms with Crippen molar-refractivity contribution in [2.45, 2.75) is 30.9 Å². The molecule has 200 valence electrons. The molecule has 0 spiro atoms. The molecule has 3 heterocycles. The van der Waals surface area contributed by atoms with Crippen LogP contribution in [0.3, 0.4) is 0 Å². The molecule has 1 aliphatic rings. The number of fused-ring (bicyclic) bond motifs is 2. The minimum absolute atomic E-state index is 0.0354. The summed E-state index contributed by atoms with van der Waals surface area (Å²) < 4.78 is 33.0. The van der Waals surface area contributed by atoms with Crippen LogP contribution in [0.25, 0.3) is 10.9 Å². The first-order valence-electron chi connectivity index (χ1n) is 12.2. The van der Waals surface area contributed by atoms with Gasteiger partial charge in [0.05, 0.1) is 16.0 Å². The molecule has 0 radical (unpaired) electrons. The van der Waals surface area contributed by atoms with E-state index in [0.717, 1.165) is 17.8 Å². The fourth-order valence-electron chi connectivity index (χ4n) is 4.32. The van der Waals surface area contributed by atoms with Gasteiger partial charge in [-0.05, 0) is 50.4 Å². The molecular weight excluding hydrogens is 520 g/mol. The SMILES string of the molecule is CC(OC(=O)c1c2c(nc3ccccc13)CCN(C)C2)C(=O)Nc1ccc(S(=O)(=O)Nc2ncccn2)cc1. The van der Waals surface area contributed by atoms with Crippen molar-refractivity contribution in [3.8, 4) is 0 Å². The normalized spacial score (nSPS) is 14.3. The van der Waals surface area contributed by atoms with Gasteiger partial charge in [0.1, 0.15) is 0 Å². The number of benzene rings is 2. The Bertz CT molecular complexity index is 1650. The number of anilines is 2. The lowest BCUT2D eigenvalue weighted by Crippen LogP contribution is -2.32. The second-order valence-electron chi connectivity index (χ2n) is 9.16. The topological polar surface area (TPSA) is 143 Å². The highest BCUT2D eigenvalue weighted by Gasteiger charge is 2.28. The molecule has 2 aromatic carbocycles. The van der Waals surface area contributed by atoms with Crippen molar-refractivity contribution < 1.29 is 22.7 Å². The van der Waals surface area contributed by atoms with E-state index in [1.54, 1.807) is 6.07 Å². The van der Waals surface area contributed by atoms with Gasteiger partial charge in [-0.15, -0.1) is 0 Å². The number of esters is 1. The van der Waals surface area contributed by atoms with E-state index in [-0.39, 0.29) is 10.8 Å². The lowest BCUT2D eigenvalue weighted by molar-refractivity contribution is -0.123. The number of ether oxygens (including phenoxy) is 1. The zero-order valence-electron chi connectivity index (χ0n) is 21.3. The largest absolute Gasteiger partial charge is 0.449 e. The van der Waals surface area contributed by atoms with Gasteiger partial charge < -0.3 is 15.0 Å². The summed E-state index contributed by atoms with van der Waals surface area (Å²) in [5.74, 6) is -1.21. The highest BCUT2D eigenvalue weighted by atomic mass is 32.2. The summed E-state index contributed by atoms with van der Waals surface area (Å²) in [6.45, 7) is 2.87. The first-order chi connectivity index (χ1) is 18.7. The second kappa shape index (κ2) is 10.8. The number of nitrogens with zero attached hydrogens (tertiary/aromatic N) is 4. The van der Waals surface area contributed by atoms with Crippen molar-refractivity contribution in [3.05, 3.63) is 83.8 Å². The van der Waals surface area contributed by atoms with Gasteiger partial charge in [0.25, 0.3) is 15.9 Å². The molecule has 0 fully saturated rings. The molecule has 1 aliphatic heterocycles. The molecule has 5 rings (SSSR count). The number of likely N-dealkylation sites (N-methyl/N-ethyl adjacent to an activating group) is 1. The van der Waals surface area contributed by atoms with Gasteiger partial charge >= 0.3 is 5.97 Å². The Balaban J connectivity index is 1.29. The highest BCUT2D eigenvalue weighted by Crippen LogP contribution is 2.29. The Labute approximate surface area is 225 Å². The van der Waals surface area contributed by atoms with Crippen LogP contribution in [-0.4, -0.2) is 59.8 Å². The Morgan fingerprint density at radius 3 is 2.49 bits per heavy atom. The van der Waals surface area contributed by atoms with Gasteiger partial charge in [-0.1, -0.05) is 18.2 Å². The number of rotatable bonds is 7. The molecule has 1 atom stereocenters. The van der Waals surface area contributed by atoms with E-state index < -0.39 is 28.0 Å². The summed E-state index contributed by atoms with van der Waals surface area (Å²) >= 11 is 0. The second-order valence-corrected chi connectivity index (χ2v) is 10.8. The number of para-hydroxylation sites is 1. The third kappa shape index (κ3) is 5.71. The Hall–Kier alpha value is -4.42. The maximum Gasteiger partial charge on any atom is 0.339 e. The van der Waals surface area contributed by atoms with Gasteiger partial charge in [0.15, 0.2) is 6.10 Å². The zero-order chi connectivity index (χ0) is 27.6. The van der Waals surface area contributed by atoms with Gasteiger partial charge in [-0.3, -0.25) is 9.78 Å². The van der Waals surface area contributed by atoms with Crippen LogP contribution in [0.15, 0.2) is 71.9 Å². The van der Waals surface area contributed by atoms with Crippen LogP contribution in [0.4, 0.5) is 11.6 Å². The number of amides is 1.